The molecule has 0 amide bonds. The van der Waals surface area contributed by atoms with Crippen LogP contribution in [0.4, 0.5) is 0 Å². The van der Waals surface area contributed by atoms with Crippen molar-refractivity contribution in [3.05, 3.63) is 54.1 Å². The van der Waals surface area contributed by atoms with E-state index < -0.39 is 0 Å². The lowest BCUT2D eigenvalue weighted by molar-refractivity contribution is -0.128. The molecule has 1 aliphatic carbocycles. The second kappa shape index (κ2) is 10.9. The molecule has 0 spiro atoms. The summed E-state index contributed by atoms with van der Waals surface area (Å²) in [7, 11) is 0. The predicted octanol–water partition coefficient (Wildman–Crippen LogP) is 6.58. The monoisotopic (exact) mass is 340 g/mol. The van der Waals surface area contributed by atoms with Gasteiger partial charge in [0.25, 0.3) is 0 Å². The zero-order valence-electron chi connectivity index (χ0n) is 15.7. The summed E-state index contributed by atoms with van der Waals surface area (Å²) < 4.78 is 5.35. The van der Waals surface area contributed by atoms with E-state index in [1.165, 1.54) is 50.2 Å². The molecule has 0 bridgehead atoms. The maximum Gasteiger partial charge on any atom is 0.336 e. The van der Waals surface area contributed by atoms with Crippen molar-refractivity contribution in [1.82, 2.24) is 0 Å². The Hall–Kier alpha value is -1.83. The number of hydrogen-bond acceptors (Lipinski definition) is 2. The van der Waals surface area contributed by atoms with Gasteiger partial charge in [-0.2, -0.15) is 0 Å². The zero-order valence-corrected chi connectivity index (χ0v) is 15.7. The van der Waals surface area contributed by atoms with E-state index in [-0.39, 0.29) is 5.97 Å². The van der Waals surface area contributed by atoms with Crippen LogP contribution in [0.25, 0.3) is 0 Å². The van der Waals surface area contributed by atoms with E-state index in [1.807, 2.05) is 24.3 Å². The molecule has 2 rings (SSSR count). The number of ether oxygens (including phenoxy) is 1. The molecule has 1 fully saturated rings. The molecule has 1 aliphatic rings. The number of esters is 1. The Bertz CT molecular complexity index is 560. The third-order valence-corrected chi connectivity index (χ3v) is 5.05. The van der Waals surface area contributed by atoms with Crippen LogP contribution in [0.2, 0.25) is 0 Å². The highest BCUT2D eigenvalue weighted by atomic mass is 16.5. The van der Waals surface area contributed by atoms with Crippen molar-refractivity contribution < 1.29 is 9.53 Å². The minimum absolute atomic E-state index is 0.325. The molecule has 0 heterocycles. The van der Waals surface area contributed by atoms with Crippen molar-refractivity contribution in [1.29, 1.82) is 0 Å². The Kier molecular flexibility index (Phi) is 8.51. The molecule has 1 aromatic rings. The fourth-order valence-electron chi connectivity index (χ4n) is 3.63. The first-order valence-electron chi connectivity index (χ1n) is 9.87. The lowest BCUT2D eigenvalue weighted by atomic mass is 9.77. The number of benzene rings is 1. The van der Waals surface area contributed by atoms with E-state index in [0.29, 0.717) is 11.7 Å². The van der Waals surface area contributed by atoms with Gasteiger partial charge in [0.1, 0.15) is 5.75 Å². The molecule has 1 aromatic carbocycles. The first kappa shape index (κ1) is 19.5. The molecule has 0 aromatic heterocycles. The number of carbonyl (C=O) groups excluding carboxylic acids is 1. The van der Waals surface area contributed by atoms with Crippen LogP contribution < -0.4 is 4.74 Å². The molecule has 1 saturated carbocycles. The Morgan fingerprint density at radius 2 is 1.76 bits per heavy atom. The van der Waals surface area contributed by atoms with Crippen LogP contribution in [-0.2, 0) is 4.79 Å². The van der Waals surface area contributed by atoms with E-state index in [2.05, 4.69) is 26.0 Å². The van der Waals surface area contributed by atoms with Gasteiger partial charge in [-0.05, 0) is 61.6 Å². The number of hydrogen-bond donors (Lipinski definition) is 0. The van der Waals surface area contributed by atoms with E-state index in [1.54, 1.807) is 6.08 Å². The first-order chi connectivity index (χ1) is 12.2. The van der Waals surface area contributed by atoms with E-state index in [0.717, 1.165) is 18.8 Å². The van der Waals surface area contributed by atoms with E-state index in [9.17, 15) is 4.79 Å². The van der Waals surface area contributed by atoms with Gasteiger partial charge >= 0.3 is 5.97 Å². The molecule has 0 radical (unpaired) electrons. The minimum atomic E-state index is -0.325. The van der Waals surface area contributed by atoms with Crippen molar-refractivity contribution in [3.63, 3.8) is 0 Å². The standard InChI is InChI=1S/C23H32O2/c1-3-5-6-7-8-10-23(24)25-22-17-15-21(16-18-22)20-13-11-19(9-4-2)12-14-20/h6-8,10,15-20H,3-5,9,11-14H2,1-2H3. The van der Waals surface area contributed by atoms with Gasteiger partial charge < -0.3 is 4.74 Å². The van der Waals surface area contributed by atoms with Crippen molar-refractivity contribution in [3.8, 4) is 5.75 Å². The largest absolute Gasteiger partial charge is 0.423 e. The fourth-order valence-corrected chi connectivity index (χ4v) is 3.63. The second-order valence-corrected chi connectivity index (χ2v) is 7.07. The summed E-state index contributed by atoms with van der Waals surface area (Å²) in [6.45, 7) is 4.41. The van der Waals surface area contributed by atoms with Crippen LogP contribution in [0.1, 0.15) is 76.7 Å². The number of rotatable bonds is 8. The van der Waals surface area contributed by atoms with Crippen LogP contribution in [0.15, 0.2) is 48.6 Å². The Balaban J connectivity index is 1.81. The number of carbonyl (C=O) groups is 1. The summed E-state index contributed by atoms with van der Waals surface area (Å²) in [5.41, 5.74) is 1.38. The van der Waals surface area contributed by atoms with Gasteiger partial charge in [0.05, 0.1) is 0 Å². The van der Waals surface area contributed by atoms with Gasteiger partial charge in [-0.25, -0.2) is 4.79 Å². The Morgan fingerprint density at radius 3 is 2.40 bits per heavy atom. The lowest BCUT2D eigenvalue weighted by Crippen LogP contribution is -2.13. The van der Waals surface area contributed by atoms with Crippen LogP contribution in [-0.4, -0.2) is 5.97 Å². The van der Waals surface area contributed by atoms with Crippen LogP contribution in [0, 0.1) is 5.92 Å². The highest BCUT2D eigenvalue weighted by Crippen LogP contribution is 2.37. The maximum atomic E-state index is 11.8. The summed E-state index contributed by atoms with van der Waals surface area (Å²) >= 11 is 0. The van der Waals surface area contributed by atoms with Crippen LogP contribution in [0.5, 0.6) is 5.75 Å². The van der Waals surface area contributed by atoms with Gasteiger partial charge in [-0.1, -0.05) is 63.5 Å². The SMILES string of the molecule is CCCC=CC=CC(=O)Oc1ccc(C2CCC(CCC)CC2)cc1. The van der Waals surface area contributed by atoms with Gasteiger partial charge in [0.2, 0.25) is 0 Å². The summed E-state index contributed by atoms with van der Waals surface area (Å²) in [5, 5.41) is 0. The summed E-state index contributed by atoms with van der Waals surface area (Å²) in [6.07, 6.45) is 17.3. The number of allylic oxidation sites excluding steroid dienone is 3. The molecular formula is C23H32O2. The highest BCUT2D eigenvalue weighted by molar-refractivity contribution is 5.84. The zero-order chi connectivity index (χ0) is 17.9. The molecule has 0 N–H and O–H groups in total. The minimum Gasteiger partial charge on any atom is -0.423 e. The van der Waals surface area contributed by atoms with Crippen LogP contribution in [0.3, 0.4) is 0 Å². The summed E-state index contributed by atoms with van der Waals surface area (Å²) in [5.74, 6) is 1.89. The molecule has 0 unspecified atom stereocenters. The number of unbranched alkanes of at least 4 members (excludes halogenated alkanes) is 1. The summed E-state index contributed by atoms with van der Waals surface area (Å²) in [6, 6.07) is 8.09. The summed E-state index contributed by atoms with van der Waals surface area (Å²) in [4.78, 5) is 11.8. The highest BCUT2D eigenvalue weighted by Gasteiger charge is 2.21. The molecule has 0 aliphatic heterocycles. The van der Waals surface area contributed by atoms with Gasteiger partial charge in [-0.15, -0.1) is 0 Å². The second-order valence-electron chi connectivity index (χ2n) is 7.07. The van der Waals surface area contributed by atoms with Gasteiger partial charge in [0, 0.05) is 6.08 Å². The van der Waals surface area contributed by atoms with Gasteiger partial charge in [0.15, 0.2) is 0 Å². The van der Waals surface area contributed by atoms with E-state index in [4.69, 9.17) is 4.74 Å². The predicted molar refractivity (Wildman–Crippen MR) is 105 cm³/mol. The quantitative estimate of drug-likeness (QED) is 0.231. The average molecular weight is 341 g/mol. The van der Waals surface area contributed by atoms with Crippen molar-refractivity contribution in [2.75, 3.05) is 0 Å². The molecule has 0 atom stereocenters. The third kappa shape index (κ3) is 6.89. The van der Waals surface area contributed by atoms with Crippen molar-refractivity contribution in [2.24, 2.45) is 5.92 Å². The first-order valence-corrected chi connectivity index (χ1v) is 9.87. The van der Waals surface area contributed by atoms with Crippen LogP contribution >= 0.6 is 0 Å². The normalized spacial score (nSPS) is 21.0. The smallest absolute Gasteiger partial charge is 0.336 e. The molecule has 2 nitrogen and oxygen atoms in total. The maximum absolute atomic E-state index is 11.8. The topological polar surface area (TPSA) is 26.3 Å². The molecule has 2 heteroatoms. The third-order valence-electron chi connectivity index (χ3n) is 5.05. The Labute approximate surface area is 153 Å². The van der Waals surface area contributed by atoms with E-state index >= 15 is 0 Å². The molecule has 0 saturated heterocycles. The Morgan fingerprint density at radius 1 is 1.04 bits per heavy atom. The average Bonchev–Trinajstić information content (AvgIpc) is 2.63. The molecular weight excluding hydrogens is 308 g/mol. The van der Waals surface area contributed by atoms with Crippen molar-refractivity contribution in [2.45, 2.75) is 71.1 Å². The fraction of sp³-hybridized carbons (Fsp3) is 0.522. The molecule has 136 valence electrons. The lowest BCUT2D eigenvalue weighted by Gasteiger charge is -2.28. The molecule has 25 heavy (non-hydrogen) atoms. The van der Waals surface area contributed by atoms with Gasteiger partial charge in [-0.3, -0.25) is 0 Å². The van der Waals surface area contributed by atoms with Crippen molar-refractivity contribution >= 4 is 5.97 Å².